The molecule has 4 atom stereocenters. The van der Waals surface area contributed by atoms with Crippen molar-refractivity contribution in [2.45, 2.75) is 51.3 Å². The molecule has 4 N–H and O–H groups in total. The van der Waals surface area contributed by atoms with Crippen LogP contribution in [0.25, 0.3) is 0 Å². The number of carboxylic acid groups (broad SMARTS) is 1. The lowest BCUT2D eigenvalue weighted by Gasteiger charge is -2.19. The number of amides is 2. The van der Waals surface area contributed by atoms with Crippen LogP contribution in [0.15, 0.2) is 0 Å². The Bertz CT molecular complexity index is 293. The zero-order valence-electron chi connectivity index (χ0n) is 10.1. The third-order valence-electron chi connectivity index (χ3n) is 3.07. The highest BCUT2D eigenvalue weighted by Gasteiger charge is 2.27. The molecule has 0 spiro atoms. The molecular weight excluding hydrogens is 224 g/mol. The summed E-state index contributed by atoms with van der Waals surface area (Å²) < 4.78 is 0. The number of carboxylic acids is 1. The van der Waals surface area contributed by atoms with E-state index in [4.69, 9.17) is 5.11 Å². The van der Waals surface area contributed by atoms with Gasteiger partial charge in [-0.2, -0.15) is 0 Å². The summed E-state index contributed by atoms with van der Waals surface area (Å²) in [5.41, 5.74) is 0. The number of rotatable bonds is 4. The Balaban J connectivity index is 2.40. The van der Waals surface area contributed by atoms with Crippen LogP contribution in [-0.4, -0.2) is 40.4 Å². The molecule has 2 amide bonds. The summed E-state index contributed by atoms with van der Waals surface area (Å²) in [6, 6.07) is -1.69. The SMILES string of the molecule is CC1CCC(NC(=O)NC(C(=O)O)C(C)O)C1. The smallest absolute Gasteiger partial charge is 0.328 e. The van der Waals surface area contributed by atoms with Crippen molar-refractivity contribution >= 4 is 12.0 Å². The van der Waals surface area contributed by atoms with E-state index >= 15 is 0 Å². The first-order valence-corrected chi connectivity index (χ1v) is 5.88. The van der Waals surface area contributed by atoms with Gasteiger partial charge >= 0.3 is 12.0 Å². The summed E-state index contributed by atoms with van der Waals surface area (Å²) in [6.45, 7) is 3.45. The number of aliphatic carboxylic acids is 1. The molecule has 1 rings (SSSR count). The molecule has 0 aromatic heterocycles. The molecule has 1 fully saturated rings. The van der Waals surface area contributed by atoms with E-state index < -0.39 is 24.1 Å². The van der Waals surface area contributed by atoms with Crippen molar-refractivity contribution in [2.75, 3.05) is 0 Å². The summed E-state index contributed by atoms with van der Waals surface area (Å²) in [5.74, 6) is -0.651. The zero-order chi connectivity index (χ0) is 13.0. The molecule has 6 heteroatoms. The van der Waals surface area contributed by atoms with Crippen LogP contribution >= 0.6 is 0 Å². The monoisotopic (exact) mass is 244 g/mol. The van der Waals surface area contributed by atoms with Gasteiger partial charge in [0, 0.05) is 6.04 Å². The number of aliphatic hydroxyl groups is 1. The molecule has 0 aliphatic heterocycles. The van der Waals surface area contributed by atoms with E-state index in [0.29, 0.717) is 5.92 Å². The zero-order valence-corrected chi connectivity index (χ0v) is 10.1. The highest BCUT2D eigenvalue weighted by atomic mass is 16.4. The Hall–Kier alpha value is -1.30. The van der Waals surface area contributed by atoms with Crippen LogP contribution in [0.5, 0.6) is 0 Å². The van der Waals surface area contributed by atoms with Gasteiger partial charge in [0.2, 0.25) is 0 Å². The van der Waals surface area contributed by atoms with E-state index in [1.807, 2.05) is 0 Å². The first-order chi connectivity index (χ1) is 7.90. The van der Waals surface area contributed by atoms with Gasteiger partial charge in [-0.3, -0.25) is 0 Å². The van der Waals surface area contributed by atoms with Crippen LogP contribution < -0.4 is 10.6 Å². The van der Waals surface area contributed by atoms with Crippen molar-refractivity contribution < 1.29 is 19.8 Å². The fraction of sp³-hybridized carbons (Fsp3) is 0.818. The van der Waals surface area contributed by atoms with Gasteiger partial charge in [0.25, 0.3) is 0 Å². The fourth-order valence-corrected chi connectivity index (χ4v) is 2.10. The lowest BCUT2D eigenvalue weighted by atomic mass is 10.1. The van der Waals surface area contributed by atoms with Crippen LogP contribution in [0, 0.1) is 5.92 Å². The van der Waals surface area contributed by atoms with Crippen molar-refractivity contribution in [1.29, 1.82) is 0 Å². The van der Waals surface area contributed by atoms with Crippen LogP contribution in [0.4, 0.5) is 4.79 Å². The van der Waals surface area contributed by atoms with E-state index in [-0.39, 0.29) is 6.04 Å². The lowest BCUT2D eigenvalue weighted by molar-refractivity contribution is -0.141. The Morgan fingerprint density at radius 3 is 2.41 bits per heavy atom. The molecule has 6 nitrogen and oxygen atoms in total. The Labute approximate surface area is 100 Å². The van der Waals surface area contributed by atoms with Crippen molar-refractivity contribution in [3.63, 3.8) is 0 Å². The second kappa shape index (κ2) is 5.86. The molecule has 0 aromatic rings. The Morgan fingerprint density at radius 1 is 1.35 bits per heavy atom. The minimum Gasteiger partial charge on any atom is -0.480 e. The maximum atomic E-state index is 11.5. The van der Waals surface area contributed by atoms with Crippen LogP contribution in [0.1, 0.15) is 33.1 Å². The first-order valence-electron chi connectivity index (χ1n) is 5.88. The topological polar surface area (TPSA) is 98.7 Å². The number of nitrogens with one attached hydrogen (secondary N) is 2. The average Bonchev–Trinajstić information content (AvgIpc) is 2.59. The van der Waals surface area contributed by atoms with E-state index in [1.165, 1.54) is 6.92 Å². The maximum absolute atomic E-state index is 11.5. The average molecular weight is 244 g/mol. The van der Waals surface area contributed by atoms with Gasteiger partial charge in [0.05, 0.1) is 6.10 Å². The van der Waals surface area contributed by atoms with E-state index in [2.05, 4.69) is 17.6 Å². The van der Waals surface area contributed by atoms with Gasteiger partial charge in [-0.05, 0) is 32.1 Å². The number of hydrogen-bond acceptors (Lipinski definition) is 3. The Morgan fingerprint density at radius 2 is 2.00 bits per heavy atom. The molecule has 1 aliphatic rings. The third-order valence-corrected chi connectivity index (χ3v) is 3.07. The van der Waals surface area contributed by atoms with Crippen molar-refractivity contribution in [2.24, 2.45) is 5.92 Å². The molecule has 17 heavy (non-hydrogen) atoms. The van der Waals surface area contributed by atoms with Gasteiger partial charge < -0.3 is 20.8 Å². The van der Waals surface area contributed by atoms with Gasteiger partial charge in [-0.25, -0.2) is 9.59 Å². The molecular formula is C11H20N2O4. The largest absolute Gasteiger partial charge is 0.480 e. The molecule has 0 saturated heterocycles. The lowest BCUT2D eigenvalue weighted by Crippen LogP contribution is -2.52. The van der Waals surface area contributed by atoms with Crippen molar-refractivity contribution in [1.82, 2.24) is 10.6 Å². The highest BCUT2D eigenvalue weighted by Crippen LogP contribution is 2.24. The summed E-state index contributed by atoms with van der Waals surface area (Å²) in [6.07, 6.45) is 1.78. The van der Waals surface area contributed by atoms with E-state index in [1.54, 1.807) is 0 Å². The second-order valence-corrected chi connectivity index (χ2v) is 4.79. The van der Waals surface area contributed by atoms with Crippen molar-refractivity contribution in [3.05, 3.63) is 0 Å². The molecule has 0 heterocycles. The molecule has 0 radical (unpaired) electrons. The minimum atomic E-state index is -1.27. The van der Waals surface area contributed by atoms with Gasteiger partial charge in [-0.1, -0.05) is 6.92 Å². The molecule has 1 aliphatic carbocycles. The van der Waals surface area contributed by atoms with Gasteiger partial charge in [0.15, 0.2) is 6.04 Å². The maximum Gasteiger partial charge on any atom is 0.328 e. The molecule has 0 bridgehead atoms. The Kier molecular flexibility index (Phi) is 4.74. The molecule has 1 saturated carbocycles. The number of carbonyl (C=O) groups is 2. The summed E-state index contributed by atoms with van der Waals surface area (Å²) in [5, 5.41) is 23.0. The third kappa shape index (κ3) is 4.22. The quantitative estimate of drug-likeness (QED) is 0.572. The predicted octanol–water partition coefficient (Wildman–Crippen LogP) is 0.308. The minimum absolute atomic E-state index is 0.105. The van der Waals surface area contributed by atoms with Crippen LogP contribution in [0.3, 0.4) is 0 Å². The second-order valence-electron chi connectivity index (χ2n) is 4.79. The highest BCUT2D eigenvalue weighted by molar-refractivity contribution is 5.83. The van der Waals surface area contributed by atoms with Crippen molar-refractivity contribution in [3.8, 4) is 0 Å². The van der Waals surface area contributed by atoms with E-state index in [0.717, 1.165) is 19.3 Å². The summed E-state index contributed by atoms with van der Waals surface area (Å²) >= 11 is 0. The summed E-state index contributed by atoms with van der Waals surface area (Å²) in [4.78, 5) is 22.3. The first kappa shape index (κ1) is 13.8. The predicted molar refractivity (Wildman–Crippen MR) is 61.6 cm³/mol. The number of urea groups is 1. The van der Waals surface area contributed by atoms with Gasteiger partial charge in [-0.15, -0.1) is 0 Å². The van der Waals surface area contributed by atoms with Gasteiger partial charge in [0.1, 0.15) is 0 Å². The van der Waals surface area contributed by atoms with Crippen LogP contribution in [0.2, 0.25) is 0 Å². The number of hydrogen-bond donors (Lipinski definition) is 4. The molecule has 98 valence electrons. The van der Waals surface area contributed by atoms with E-state index in [9.17, 15) is 14.7 Å². The summed E-state index contributed by atoms with van der Waals surface area (Å²) in [7, 11) is 0. The van der Waals surface area contributed by atoms with Crippen LogP contribution in [-0.2, 0) is 4.79 Å². The fourth-order valence-electron chi connectivity index (χ4n) is 2.10. The number of aliphatic hydroxyl groups excluding tert-OH is 1. The molecule has 0 aromatic carbocycles. The standard InChI is InChI=1S/C11H20N2O4/c1-6-3-4-8(5-6)12-11(17)13-9(7(2)14)10(15)16/h6-9,14H,3-5H2,1-2H3,(H,15,16)(H2,12,13,17). The molecule has 4 unspecified atom stereocenters. The number of carbonyl (C=O) groups excluding carboxylic acids is 1. The normalized spacial score (nSPS) is 27.2.